The number of carbonyl (C=O) groups is 1. The highest BCUT2D eigenvalue weighted by Crippen LogP contribution is 2.38. The van der Waals surface area contributed by atoms with Crippen molar-refractivity contribution in [2.24, 2.45) is 0 Å². The second-order valence-electron chi connectivity index (χ2n) is 7.70. The molecule has 1 aromatic carbocycles. The van der Waals surface area contributed by atoms with Gasteiger partial charge in [-0.25, -0.2) is 9.97 Å². The van der Waals surface area contributed by atoms with Gasteiger partial charge in [0.25, 0.3) is 5.91 Å². The van der Waals surface area contributed by atoms with E-state index in [4.69, 9.17) is 4.74 Å². The minimum absolute atomic E-state index is 0.0966. The lowest BCUT2D eigenvalue weighted by Gasteiger charge is -2.57. The molecule has 1 spiro atoms. The highest BCUT2D eigenvalue weighted by molar-refractivity contribution is 5.94. The highest BCUT2D eigenvalue weighted by Gasteiger charge is 2.53. The van der Waals surface area contributed by atoms with Crippen molar-refractivity contribution in [3.8, 4) is 5.75 Å². The summed E-state index contributed by atoms with van der Waals surface area (Å²) in [5.74, 6) is 0.208. The summed E-state index contributed by atoms with van der Waals surface area (Å²) < 4.78 is 46.9. The number of hydrogen-bond acceptors (Lipinski definition) is 5. The molecule has 2 saturated heterocycles. The largest absolute Gasteiger partial charge is 0.573 e. The van der Waals surface area contributed by atoms with Crippen LogP contribution >= 0.6 is 0 Å². The standard InChI is InChI=1S/C21H22F3N3O3/c1-2-14-7-15(9-17(8-14)30-21(22,23)24)3-4-18-25-10-16(11-26-18)19(28)27-6-5-20(27)12-29-13-20/h7-11H,2-6,12-13H2,1H3. The number of nitrogens with zero attached hydrogens (tertiary/aromatic N) is 3. The molecular weight excluding hydrogens is 399 g/mol. The van der Waals surface area contributed by atoms with Gasteiger partial charge in [0, 0.05) is 25.4 Å². The zero-order valence-electron chi connectivity index (χ0n) is 16.5. The first-order valence-corrected chi connectivity index (χ1v) is 9.87. The molecule has 1 amide bonds. The molecule has 0 N–H and O–H groups in total. The Labute approximate surface area is 172 Å². The van der Waals surface area contributed by atoms with Crippen LogP contribution in [0.3, 0.4) is 0 Å². The van der Waals surface area contributed by atoms with Crippen LogP contribution in [0.1, 0.15) is 40.7 Å². The predicted molar refractivity (Wildman–Crippen MR) is 101 cm³/mol. The number of likely N-dealkylation sites (tertiary alicyclic amines) is 1. The Morgan fingerprint density at radius 3 is 2.40 bits per heavy atom. The van der Waals surface area contributed by atoms with Gasteiger partial charge in [0.15, 0.2) is 0 Å². The number of rotatable bonds is 6. The third-order valence-electron chi connectivity index (χ3n) is 5.62. The first kappa shape index (κ1) is 20.6. The number of alkyl halides is 3. The van der Waals surface area contributed by atoms with E-state index in [-0.39, 0.29) is 17.2 Å². The van der Waals surface area contributed by atoms with Crippen molar-refractivity contribution in [2.75, 3.05) is 19.8 Å². The Bertz CT molecular complexity index is 922. The van der Waals surface area contributed by atoms with E-state index in [1.165, 1.54) is 24.5 Å². The lowest BCUT2D eigenvalue weighted by atomic mass is 9.82. The van der Waals surface area contributed by atoms with Crippen LogP contribution < -0.4 is 4.74 Å². The molecule has 6 nitrogen and oxygen atoms in total. The van der Waals surface area contributed by atoms with Crippen LogP contribution in [-0.4, -0.2) is 52.4 Å². The molecule has 2 aliphatic heterocycles. The lowest BCUT2D eigenvalue weighted by molar-refractivity contribution is -0.274. The van der Waals surface area contributed by atoms with Gasteiger partial charge in [0.05, 0.1) is 24.3 Å². The number of ether oxygens (including phenoxy) is 2. The average Bonchev–Trinajstić information content (AvgIpc) is 2.63. The summed E-state index contributed by atoms with van der Waals surface area (Å²) in [7, 11) is 0. The Morgan fingerprint density at radius 2 is 1.87 bits per heavy atom. The predicted octanol–water partition coefficient (Wildman–Crippen LogP) is 3.34. The summed E-state index contributed by atoms with van der Waals surface area (Å²) in [6.45, 7) is 3.73. The molecule has 0 atom stereocenters. The summed E-state index contributed by atoms with van der Waals surface area (Å²) in [4.78, 5) is 23.0. The molecule has 0 saturated carbocycles. The molecule has 0 unspecified atom stereocenters. The van der Waals surface area contributed by atoms with Crippen LogP contribution in [0.2, 0.25) is 0 Å². The van der Waals surface area contributed by atoms with E-state index in [2.05, 4.69) is 14.7 Å². The van der Waals surface area contributed by atoms with Gasteiger partial charge in [0.1, 0.15) is 11.6 Å². The van der Waals surface area contributed by atoms with Crippen LogP contribution in [-0.2, 0) is 24.0 Å². The van der Waals surface area contributed by atoms with E-state index in [1.807, 2.05) is 17.9 Å². The van der Waals surface area contributed by atoms with Gasteiger partial charge in [-0.05, 0) is 42.5 Å². The fourth-order valence-electron chi connectivity index (χ4n) is 3.77. The monoisotopic (exact) mass is 421 g/mol. The Hall–Kier alpha value is -2.68. The summed E-state index contributed by atoms with van der Waals surface area (Å²) in [5.41, 5.74) is 1.76. The van der Waals surface area contributed by atoms with E-state index in [9.17, 15) is 18.0 Å². The van der Waals surface area contributed by atoms with Crippen molar-refractivity contribution >= 4 is 5.91 Å². The van der Waals surface area contributed by atoms with Crippen LogP contribution in [0.4, 0.5) is 13.2 Å². The number of carbonyl (C=O) groups excluding carboxylic acids is 1. The fourth-order valence-corrected chi connectivity index (χ4v) is 3.77. The van der Waals surface area contributed by atoms with Gasteiger partial charge in [-0.2, -0.15) is 0 Å². The maximum absolute atomic E-state index is 12.6. The van der Waals surface area contributed by atoms with Gasteiger partial charge in [-0.1, -0.05) is 13.0 Å². The van der Waals surface area contributed by atoms with Gasteiger partial charge < -0.3 is 14.4 Å². The van der Waals surface area contributed by atoms with E-state index in [1.54, 1.807) is 0 Å². The van der Waals surface area contributed by atoms with E-state index in [0.717, 1.165) is 12.0 Å². The molecule has 160 valence electrons. The molecule has 0 aliphatic carbocycles. The number of benzene rings is 1. The zero-order chi connectivity index (χ0) is 21.4. The van der Waals surface area contributed by atoms with Crippen LogP contribution in [0.5, 0.6) is 5.75 Å². The topological polar surface area (TPSA) is 64.6 Å². The average molecular weight is 421 g/mol. The van der Waals surface area contributed by atoms with Crippen molar-refractivity contribution in [1.82, 2.24) is 14.9 Å². The van der Waals surface area contributed by atoms with Crippen LogP contribution in [0, 0.1) is 0 Å². The molecule has 0 radical (unpaired) electrons. The van der Waals surface area contributed by atoms with Crippen molar-refractivity contribution in [3.05, 3.63) is 53.1 Å². The van der Waals surface area contributed by atoms with Crippen molar-refractivity contribution in [1.29, 1.82) is 0 Å². The number of aromatic nitrogens is 2. The van der Waals surface area contributed by atoms with Gasteiger partial charge in [0.2, 0.25) is 0 Å². The first-order valence-electron chi connectivity index (χ1n) is 9.87. The van der Waals surface area contributed by atoms with E-state index < -0.39 is 6.36 Å². The summed E-state index contributed by atoms with van der Waals surface area (Å²) in [5, 5.41) is 0. The summed E-state index contributed by atoms with van der Waals surface area (Å²) >= 11 is 0. The molecular formula is C21H22F3N3O3. The van der Waals surface area contributed by atoms with Gasteiger partial charge in [-0.3, -0.25) is 4.79 Å². The number of halogens is 3. The minimum atomic E-state index is -4.73. The van der Waals surface area contributed by atoms with E-state index >= 15 is 0 Å². The molecule has 30 heavy (non-hydrogen) atoms. The zero-order valence-corrected chi connectivity index (χ0v) is 16.5. The third kappa shape index (κ3) is 4.26. The molecule has 9 heteroatoms. The second kappa shape index (κ2) is 7.86. The molecule has 2 fully saturated rings. The smallest absolute Gasteiger partial charge is 0.406 e. The molecule has 2 aliphatic rings. The SMILES string of the molecule is CCc1cc(CCc2ncc(C(=O)N3CCC34COC4)cn2)cc(OC(F)(F)F)c1. The molecule has 4 rings (SSSR count). The Balaban J connectivity index is 1.39. The van der Waals surface area contributed by atoms with Crippen LogP contribution in [0.15, 0.2) is 30.6 Å². The molecule has 0 bridgehead atoms. The Kier molecular flexibility index (Phi) is 5.40. The van der Waals surface area contributed by atoms with Gasteiger partial charge >= 0.3 is 6.36 Å². The lowest BCUT2D eigenvalue weighted by Crippen LogP contribution is -2.72. The maximum atomic E-state index is 12.6. The maximum Gasteiger partial charge on any atom is 0.573 e. The highest BCUT2D eigenvalue weighted by atomic mass is 19.4. The van der Waals surface area contributed by atoms with Crippen molar-refractivity contribution in [2.45, 2.75) is 44.5 Å². The van der Waals surface area contributed by atoms with E-state index in [0.29, 0.717) is 56.0 Å². The Morgan fingerprint density at radius 1 is 1.17 bits per heavy atom. The third-order valence-corrected chi connectivity index (χ3v) is 5.62. The fraction of sp³-hybridized carbons (Fsp3) is 0.476. The number of aryl methyl sites for hydroxylation is 3. The van der Waals surface area contributed by atoms with Gasteiger partial charge in [-0.15, -0.1) is 13.2 Å². The second-order valence-corrected chi connectivity index (χ2v) is 7.70. The quantitative estimate of drug-likeness (QED) is 0.716. The number of hydrogen-bond donors (Lipinski definition) is 0. The summed E-state index contributed by atoms with van der Waals surface area (Å²) in [6, 6.07) is 4.63. The minimum Gasteiger partial charge on any atom is -0.406 e. The normalized spacial score (nSPS) is 17.4. The summed E-state index contributed by atoms with van der Waals surface area (Å²) in [6.07, 6.45) is 0.743. The molecule has 2 aromatic rings. The first-order chi connectivity index (χ1) is 14.3. The molecule has 3 heterocycles. The van der Waals surface area contributed by atoms with Crippen LogP contribution in [0.25, 0.3) is 0 Å². The molecule has 1 aromatic heterocycles. The number of amides is 1. The van der Waals surface area contributed by atoms with Crippen molar-refractivity contribution in [3.63, 3.8) is 0 Å². The van der Waals surface area contributed by atoms with Crippen molar-refractivity contribution < 1.29 is 27.4 Å².